The quantitative estimate of drug-likeness (QED) is 0.173. The molecular weight excluding hydrogens is 727 g/mol. The zero-order valence-electron chi connectivity index (χ0n) is 33.6. The lowest BCUT2D eigenvalue weighted by Crippen LogP contribution is -2.32. The summed E-state index contributed by atoms with van der Waals surface area (Å²) in [5.41, 5.74) is 20.1. The Bertz CT molecular complexity index is 3110. The highest BCUT2D eigenvalue weighted by atomic mass is 16.5. The van der Waals surface area contributed by atoms with Crippen molar-refractivity contribution in [2.45, 2.75) is 24.7 Å². The zero-order valence-corrected chi connectivity index (χ0v) is 33.6. The average Bonchev–Trinajstić information content (AvgIpc) is 3.71. The molecule has 12 rings (SSSR count). The summed E-state index contributed by atoms with van der Waals surface area (Å²) in [7, 11) is 0. The van der Waals surface area contributed by atoms with Gasteiger partial charge >= 0.3 is 0 Å². The predicted molar refractivity (Wildman–Crippen MR) is 247 cm³/mol. The Morgan fingerprint density at radius 3 is 1.42 bits per heavy atom. The van der Waals surface area contributed by atoms with Crippen LogP contribution in [0.3, 0.4) is 0 Å². The molecule has 0 saturated carbocycles. The Labute approximate surface area is 351 Å². The molecule has 0 saturated heterocycles. The van der Waals surface area contributed by atoms with E-state index < -0.39 is 5.41 Å². The zero-order chi connectivity index (χ0) is 40.0. The number of benzene rings is 9. The molecule has 0 unspecified atom stereocenters. The highest BCUT2D eigenvalue weighted by Crippen LogP contribution is 2.63. The minimum atomic E-state index is -0.567. The number of ether oxygens (including phenoxy) is 1. The van der Waals surface area contributed by atoms with Crippen LogP contribution in [0.5, 0.6) is 11.5 Å². The molecule has 0 bridgehead atoms. The van der Waals surface area contributed by atoms with Crippen LogP contribution in [-0.2, 0) is 10.8 Å². The number of nitrogens with zero attached hydrogens (tertiary/aromatic N) is 1. The van der Waals surface area contributed by atoms with Gasteiger partial charge in [0.25, 0.3) is 0 Å². The standard InChI is InChI=1S/C58H41NO/c1-57(2)52-35-41(39-18-7-4-8-19-39)28-31-46(52)47-32-29-43(36-53(47)57)59(42-21-15-20-40(34-42)38-16-5-3-6-17-38)44-30-33-48-45-22-9-10-23-49(45)58(54(48)37-44)50-24-11-13-26-55(50)60-56-27-14-12-25-51(56)58/h3-37H,1-2H3. The maximum atomic E-state index is 6.68. The molecule has 1 heterocycles. The van der Waals surface area contributed by atoms with Crippen molar-refractivity contribution in [1.29, 1.82) is 0 Å². The van der Waals surface area contributed by atoms with E-state index in [9.17, 15) is 0 Å². The van der Waals surface area contributed by atoms with E-state index in [1.54, 1.807) is 0 Å². The lowest BCUT2D eigenvalue weighted by atomic mass is 9.66. The highest BCUT2D eigenvalue weighted by molar-refractivity contribution is 5.93. The van der Waals surface area contributed by atoms with Gasteiger partial charge in [0.05, 0.1) is 5.41 Å². The smallest absolute Gasteiger partial charge is 0.132 e. The Kier molecular flexibility index (Phi) is 7.52. The maximum Gasteiger partial charge on any atom is 0.132 e. The van der Waals surface area contributed by atoms with Crippen LogP contribution in [0, 0.1) is 0 Å². The first kappa shape index (κ1) is 34.6. The van der Waals surface area contributed by atoms with Crippen LogP contribution < -0.4 is 9.64 Å². The van der Waals surface area contributed by atoms with E-state index in [1.165, 1.54) is 66.8 Å². The minimum Gasteiger partial charge on any atom is -0.457 e. The van der Waals surface area contributed by atoms with Gasteiger partial charge in [0, 0.05) is 33.6 Å². The van der Waals surface area contributed by atoms with Crippen molar-refractivity contribution in [3.05, 3.63) is 246 Å². The van der Waals surface area contributed by atoms with E-state index in [0.29, 0.717) is 0 Å². The number of anilines is 3. The minimum absolute atomic E-state index is 0.206. The van der Waals surface area contributed by atoms with Gasteiger partial charge in [-0.15, -0.1) is 0 Å². The second kappa shape index (κ2) is 13.0. The number of fused-ring (bicyclic) bond motifs is 12. The normalized spacial score (nSPS) is 14.2. The van der Waals surface area contributed by atoms with Crippen LogP contribution in [0.2, 0.25) is 0 Å². The molecule has 284 valence electrons. The maximum absolute atomic E-state index is 6.68. The fourth-order valence-electron chi connectivity index (χ4n) is 10.6. The lowest BCUT2D eigenvalue weighted by Gasteiger charge is -2.39. The van der Waals surface area contributed by atoms with Gasteiger partial charge in [-0.1, -0.05) is 172 Å². The van der Waals surface area contributed by atoms with E-state index >= 15 is 0 Å². The first-order chi connectivity index (χ1) is 29.5. The summed E-state index contributed by atoms with van der Waals surface area (Å²) in [4.78, 5) is 2.47. The lowest BCUT2D eigenvalue weighted by molar-refractivity contribution is 0.436. The van der Waals surface area contributed by atoms with Gasteiger partial charge in [0.2, 0.25) is 0 Å². The molecule has 0 aromatic heterocycles. The Morgan fingerprint density at radius 1 is 0.317 bits per heavy atom. The van der Waals surface area contributed by atoms with Gasteiger partial charge in [-0.05, 0) is 121 Å². The molecule has 0 N–H and O–H groups in total. The van der Waals surface area contributed by atoms with E-state index in [2.05, 4.69) is 231 Å². The van der Waals surface area contributed by atoms with Crippen LogP contribution in [0.15, 0.2) is 212 Å². The van der Waals surface area contributed by atoms with Gasteiger partial charge in [-0.2, -0.15) is 0 Å². The molecule has 0 amide bonds. The van der Waals surface area contributed by atoms with Crippen molar-refractivity contribution < 1.29 is 4.74 Å². The van der Waals surface area contributed by atoms with Crippen LogP contribution in [0.4, 0.5) is 17.1 Å². The molecule has 3 aliphatic rings. The van der Waals surface area contributed by atoms with E-state index in [4.69, 9.17) is 4.74 Å². The van der Waals surface area contributed by atoms with Crippen LogP contribution in [0.1, 0.15) is 47.2 Å². The Balaban J connectivity index is 1.08. The molecule has 60 heavy (non-hydrogen) atoms. The van der Waals surface area contributed by atoms with Crippen molar-refractivity contribution in [2.24, 2.45) is 0 Å². The molecule has 9 aromatic carbocycles. The summed E-state index contributed by atoms with van der Waals surface area (Å²) in [6.45, 7) is 4.76. The third kappa shape index (κ3) is 4.94. The summed E-state index contributed by atoms with van der Waals surface area (Å²) in [6.07, 6.45) is 0. The van der Waals surface area contributed by atoms with Crippen LogP contribution in [-0.4, -0.2) is 0 Å². The molecule has 2 heteroatoms. The first-order valence-electron chi connectivity index (χ1n) is 20.9. The molecule has 1 aliphatic heterocycles. The van der Waals surface area contributed by atoms with Gasteiger partial charge in [-0.3, -0.25) is 0 Å². The fourth-order valence-corrected chi connectivity index (χ4v) is 10.6. The third-order valence-electron chi connectivity index (χ3n) is 13.3. The second-order valence-corrected chi connectivity index (χ2v) is 16.9. The van der Waals surface area contributed by atoms with Crippen molar-refractivity contribution in [1.82, 2.24) is 0 Å². The van der Waals surface area contributed by atoms with E-state index in [1.807, 2.05) is 0 Å². The second-order valence-electron chi connectivity index (χ2n) is 16.9. The van der Waals surface area contributed by atoms with Crippen molar-refractivity contribution >= 4 is 17.1 Å². The molecule has 2 aliphatic carbocycles. The average molecular weight is 768 g/mol. The van der Waals surface area contributed by atoms with Crippen LogP contribution in [0.25, 0.3) is 44.5 Å². The van der Waals surface area contributed by atoms with Crippen LogP contribution >= 0.6 is 0 Å². The largest absolute Gasteiger partial charge is 0.457 e. The SMILES string of the molecule is CC1(C)c2cc(-c3ccccc3)ccc2-c2ccc(N(c3cccc(-c4ccccc4)c3)c3ccc4c(c3)C3(c5ccccc5Oc5ccccc53)c3ccccc3-4)cc21. The summed E-state index contributed by atoms with van der Waals surface area (Å²) < 4.78 is 6.68. The molecule has 1 spiro atoms. The van der Waals surface area contributed by atoms with Gasteiger partial charge in [-0.25, -0.2) is 0 Å². The summed E-state index contributed by atoms with van der Waals surface area (Å²) in [5, 5.41) is 0. The van der Waals surface area contributed by atoms with Crippen molar-refractivity contribution in [3.63, 3.8) is 0 Å². The van der Waals surface area contributed by atoms with Gasteiger partial charge < -0.3 is 9.64 Å². The first-order valence-corrected chi connectivity index (χ1v) is 20.9. The summed E-state index contributed by atoms with van der Waals surface area (Å²) >= 11 is 0. The predicted octanol–water partition coefficient (Wildman–Crippen LogP) is 15.3. The number of hydrogen-bond acceptors (Lipinski definition) is 2. The Hall–Kier alpha value is -7.42. The molecule has 2 nitrogen and oxygen atoms in total. The summed E-state index contributed by atoms with van der Waals surface area (Å²) in [6, 6.07) is 77.9. The topological polar surface area (TPSA) is 12.5 Å². The molecule has 0 radical (unpaired) electrons. The number of para-hydroxylation sites is 2. The third-order valence-corrected chi connectivity index (χ3v) is 13.3. The molecular formula is C58H41NO. The molecule has 0 atom stereocenters. The van der Waals surface area contributed by atoms with Gasteiger partial charge in [0.1, 0.15) is 11.5 Å². The molecule has 9 aromatic rings. The number of hydrogen-bond donors (Lipinski definition) is 0. The molecule has 0 fully saturated rings. The summed E-state index contributed by atoms with van der Waals surface area (Å²) in [5.74, 6) is 1.79. The number of rotatable bonds is 5. The van der Waals surface area contributed by atoms with E-state index in [-0.39, 0.29) is 5.41 Å². The van der Waals surface area contributed by atoms with Gasteiger partial charge in [0.15, 0.2) is 0 Å². The fraction of sp³-hybridized carbons (Fsp3) is 0.0690. The van der Waals surface area contributed by atoms with Crippen molar-refractivity contribution in [3.8, 4) is 56.0 Å². The van der Waals surface area contributed by atoms with E-state index in [0.717, 1.165) is 39.7 Å². The highest BCUT2D eigenvalue weighted by Gasteiger charge is 2.51. The Morgan fingerprint density at radius 2 is 0.767 bits per heavy atom. The van der Waals surface area contributed by atoms with Crippen molar-refractivity contribution in [2.75, 3.05) is 4.90 Å². The monoisotopic (exact) mass is 767 g/mol.